The first-order valence-electron chi connectivity index (χ1n) is 5.24. The molecule has 0 saturated carbocycles. The maximum Gasteiger partial charge on any atom is 0.151 e. The Morgan fingerprint density at radius 2 is 1.71 bits per heavy atom. The monoisotopic (exact) mass is 294 g/mol. The van der Waals surface area contributed by atoms with Crippen molar-refractivity contribution in [2.24, 2.45) is 0 Å². The maximum atomic E-state index is 11.5. The summed E-state index contributed by atoms with van der Waals surface area (Å²) in [6.07, 6.45) is 1.20. The molecule has 2 atom stereocenters. The zero-order chi connectivity index (χ0) is 13.4. The molecular weight excluding hydrogens is 279 g/mol. The maximum absolute atomic E-state index is 11.5. The molecule has 2 nitrogen and oxygen atoms in total. The third-order valence-corrected chi connectivity index (χ3v) is 5.72. The minimum absolute atomic E-state index is 0.555. The van der Waals surface area contributed by atoms with Crippen molar-refractivity contribution in [2.75, 3.05) is 6.26 Å². The van der Waals surface area contributed by atoms with Crippen molar-refractivity contribution >= 4 is 33.0 Å². The second kappa shape index (κ2) is 5.17. The highest BCUT2D eigenvalue weighted by Crippen LogP contribution is 2.33. The van der Waals surface area contributed by atoms with Crippen LogP contribution >= 0.6 is 23.2 Å². The Kier molecular flexibility index (Phi) is 4.50. The molecule has 0 bridgehead atoms. The Morgan fingerprint density at radius 3 is 2.18 bits per heavy atom. The van der Waals surface area contributed by atoms with Crippen LogP contribution in [0.1, 0.15) is 29.0 Å². The quantitative estimate of drug-likeness (QED) is 0.797. The molecule has 0 heterocycles. The summed E-state index contributed by atoms with van der Waals surface area (Å²) >= 11 is 12.2. The van der Waals surface area contributed by atoms with Crippen LogP contribution in [0.4, 0.5) is 0 Å². The van der Waals surface area contributed by atoms with E-state index >= 15 is 0 Å². The van der Waals surface area contributed by atoms with Crippen LogP contribution in [0.25, 0.3) is 0 Å². The zero-order valence-electron chi connectivity index (χ0n) is 10.3. The van der Waals surface area contributed by atoms with Gasteiger partial charge < -0.3 is 0 Å². The number of benzene rings is 1. The third kappa shape index (κ3) is 3.36. The van der Waals surface area contributed by atoms with E-state index in [-0.39, 0.29) is 0 Å². The highest BCUT2D eigenvalue weighted by Gasteiger charge is 2.26. The van der Waals surface area contributed by atoms with Crippen LogP contribution in [0.5, 0.6) is 0 Å². The summed E-state index contributed by atoms with van der Waals surface area (Å²) in [7, 11) is -3.15. The smallest absolute Gasteiger partial charge is 0.151 e. The number of hydrogen-bond donors (Lipinski definition) is 0. The lowest BCUT2D eigenvalue weighted by Crippen LogP contribution is -2.21. The number of rotatable bonds is 3. The fourth-order valence-electron chi connectivity index (χ4n) is 1.57. The first kappa shape index (κ1) is 14.8. The minimum atomic E-state index is -3.15. The summed E-state index contributed by atoms with van der Waals surface area (Å²) in [5.74, 6) is 0. The van der Waals surface area contributed by atoms with Crippen LogP contribution in [0.3, 0.4) is 0 Å². The van der Waals surface area contributed by atoms with Crippen LogP contribution in [0.15, 0.2) is 12.1 Å². The predicted octanol–water partition coefficient (Wildman–Crippen LogP) is 3.67. The molecule has 0 aliphatic carbocycles. The molecule has 96 valence electrons. The Morgan fingerprint density at radius 1 is 1.18 bits per heavy atom. The molecule has 0 radical (unpaired) electrons. The Bertz CT molecular complexity index is 524. The van der Waals surface area contributed by atoms with E-state index in [2.05, 4.69) is 0 Å². The fourth-order valence-corrected chi connectivity index (χ4v) is 3.16. The van der Waals surface area contributed by atoms with Gasteiger partial charge in [-0.3, -0.25) is 0 Å². The predicted molar refractivity (Wildman–Crippen MR) is 73.8 cm³/mol. The molecule has 0 aliphatic heterocycles. The largest absolute Gasteiger partial charge is 0.229 e. The van der Waals surface area contributed by atoms with Crippen LogP contribution in [0, 0.1) is 13.8 Å². The van der Waals surface area contributed by atoms with E-state index in [4.69, 9.17) is 23.2 Å². The summed E-state index contributed by atoms with van der Waals surface area (Å²) in [6.45, 7) is 5.38. The number of halogens is 2. The molecule has 0 N–H and O–H groups in total. The van der Waals surface area contributed by atoms with E-state index < -0.39 is 20.5 Å². The fraction of sp³-hybridized carbons (Fsp3) is 0.500. The first-order valence-corrected chi connectivity index (χ1v) is 8.01. The molecule has 0 saturated heterocycles. The van der Waals surface area contributed by atoms with Gasteiger partial charge in [-0.1, -0.05) is 17.7 Å². The molecule has 0 amide bonds. The molecule has 2 unspecified atom stereocenters. The van der Waals surface area contributed by atoms with Gasteiger partial charge in [0.25, 0.3) is 0 Å². The van der Waals surface area contributed by atoms with Gasteiger partial charge in [-0.2, -0.15) is 0 Å². The lowest BCUT2D eigenvalue weighted by Gasteiger charge is -2.19. The number of alkyl halides is 1. The van der Waals surface area contributed by atoms with Crippen molar-refractivity contribution in [1.82, 2.24) is 0 Å². The number of hydrogen-bond acceptors (Lipinski definition) is 2. The van der Waals surface area contributed by atoms with Crippen LogP contribution < -0.4 is 0 Å². The standard InChI is InChI=1S/C12H16Cl2O2S/c1-7-6-11(13)8(2)5-10(7)12(14)9(3)17(4,15)16/h5-6,9,12H,1-4H3. The van der Waals surface area contributed by atoms with Crippen LogP contribution in [0.2, 0.25) is 5.02 Å². The molecule has 5 heteroatoms. The second-order valence-electron chi connectivity index (χ2n) is 4.39. The van der Waals surface area contributed by atoms with E-state index in [1.165, 1.54) is 6.26 Å². The third-order valence-electron chi connectivity index (χ3n) is 2.93. The summed E-state index contributed by atoms with van der Waals surface area (Å²) in [4.78, 5) is 0. The van der Waals surface area contributed by atoms with Gasteiger partial charge in [-0.25, -0.2) is 8.42 Å². The minimum Gasteiger partial charge on any atom is -0.229 e. The first-order chi connectivity index (χ1) is 7.64. The van der Waals surface area contributed by atoms with Crippen molar-refractivity contribution in [1.29, 1.82) is 0 Å². The van der Waals surface area contributed by atoms with Crippen molar-refractivity contribution in [3.8, 4) is 0 Å². The molecule has 1 aromatic carbocycles. The molecule has 0 spiro atoms. The summed E-state index contributed by atoms with van der Waals surface area (Å²) in [5, 5.41) is -0.508. The van der Waals surface area contributed by atoms with Gasteiger partial charge >= 0.3 is 0 Å². The molecule has 0 fully saturated rings. The van der Waals surface area contributed by atoms with Gasteiger partial charge in [0.05, 0.1) is 10.6 Å². The van der Waals surface area contributed by atoms with Gasteiger partial charge in [-0.05, 0) is 43.5 Å². The SMILES string of the molecule is Cc1cc(C(Cl)C(C)S(C)(=O)=O)c(C)cc1Cl. The highest BCUT2D eigenvalue weighted by atomic mass is 35.5. The van der Waals surface area contributed by atoms with E-state index in [1.807, 2.05) is 26.0 Å². The van der Waals surface area contributed by atoms with Gasteiger partial charge in [0.15, 0.2) is 9.84 Å². The lowest BCUT2D eigenvalue weighted by atomic mass is 10.0. The summed E-state index contributed by atoms with van der Waals surface area (Å²) < 4.78 is 23.0. The zero-order valence-corrected chi connectivity index (χ0v) is 12.6. The number of sulfone groups is 1. The Balaban J connectivity index is 3.22. The molecular formula is C12H16Cl2O2S. The van der Waals surface area contributed by atoms with Gasteiger partial charge in [-0.15, -0.1) is 11.6 Å². The molecule has 1 rings (SSSR count). The normalized spacial score (nSPS) is 15.6. The highest BCUT2D eigenvalue weighted by molar-refractivity contribution is 7.91. The molecule has 17 heavy (non-hydrogen) atoms. The van der Waals surface area contributed by atoms with Crippen molar-refractivity contribution in [2.45, 2.75) is 31.4 Å². The van der Waals surface area contributed by atoms with Crippen molar-refractivity contribution in [3.05, 3.63) is 33.8 Å². The Labute approximate surface area is 113 Å². The topological polar surface area (TPSA) is 34.1 Å². The van der Waals surface area contributed by atoms with Gasteiger partial charge in [0.1, 0.15) is 0 Å². The molecule has 0 aliphatic rings. The van der Waals surface area contributed by atoms with Crippen LogP contribution in [-0.2, 0) is 9.84 Å². The van der Waals surface area contributed by atoms with Crippen molar-refractivity contribution < 1.29 is 8.42 Å². The lowest BCUT2D eigenvalue weighted by molar-refractivity contribution is 0.587. The number of aryl methyl sites for hydroxylation is 2. The van der Waals surface area contributed by atoms with E-state index in [1.54, 1.807) is 6.92 Å². The van der Waals surface area contributed by atoms with Gasteiger partial charge in [0.2, 0.25) is 0 Å². The van der Waals surface area contributed by atoms with Crippen LogP contribution in [-0.4, -0.2) is 19.9 Å². The second-order valence-corrected chi connectivity index (χ2v) is 7.67. The molecule has 0 aromatic heterocycles. The molecule has 1 aromatic rings. The Hall–Kier alpha value is -0.250. The average Bonchev–Trinajstić information content (AvgIpc) is 2.20. The van der Waals surface area contributed by atoms with E-state index in [0.29, 0.717) is 5.02 Å². The summed E-state index contributed by atoms with van der Waals surface area (Å²) in [6, 6.07) is 3.67. The van der Waals surface area contributed by atoms with Gasteiger partial charge in [0, 0.05) is 11.3 Å². The average molecular weight is 295 g/mol. The van der Waals surface area contributed by atoms with E-state index in [0.717, 1.165) is 16.7 Å². The van der Waals surface area contributed by atoms with Crippen molar-refractivity contribution in [3.63, 3.8) is 0 Å². The van der Waals surface area contributed by atoms with E-state index in [9.17, 15) is 8.42 Å². The summed E-state index contributed by atoms with van der Waals surface area (Å²) in [5.41, 5.74) is 2.64.